The van der Waals surface area contributed by atoms with Crippen molar-refractivity contribution in [2.75, 3.05) is 60.8 Å². The van der Waals surface area contributed by atoms with E-state index in [2.05, 4.69) is 62.4 Å². The van der Waals surface area contributed by atoms with Gasteiger partial charge < -0.3 is 44.2 Å². The molecule has 1 aromatic carbocycles. The van der Waals surface area contributed by atoms with Crippen molar-refractivity contribution in [1.82, 2.24) is 30.2 Å². The van der Waals surface area contributed by atoms with Crippen LogP contribution in [0.4, 0.5) is 0 Å². The third-order valence-corrected chi connectivity index (χ3v) is 14.6. The number of ether oxygens (including phenoxy) is 2. The number of methoxy groups -OCH3 is 2. The molecular formula is C51H87N6O10P. The number of fused-ring (bicyclic) bond motifs is 2. The van der Waals surface area contributed by atoms with Gasteiger partial charge in [0, 0.05) is 58.6 Å². The van der Waals surface area contributed by atoms with Crippen LogP contribution in [0.2, 0.25) is 0 Å². The summed E-state index contributed by atoms with van der Waals surface area (Å²) in [6.07, 6.45) is 12.6. The zero-order chi connectivity index (χ0) is 50.8. The first kappa shape index (κ1) is 60.3. The van der Waals surface area contributed by atoms with E-state index in [1.54, 1.807) is 23.8 Å². The number of hydrogen-bond acceptors (Lipinski definition) is 11. The van der Waals surface area contributed by atoms with Gasteiger partial charge in [0.05, 0.1) is 56.1 Å². The van der Waals surface area contributed by atoms with Gasteiger partial charge in [-0.15, -0.1) is 0 Å². The van der Waals surface area contributed by atoms with Crippen LogP contribution < -0.4 is 10.6 Å². The van der Waals surface area contributed by atoms with Gasteiger partial charge in [0.1, 0.15) is 0 Å². The Morgan fingerprint density at radius 2 is 1.62 bits per heavy atom. The second kappa shape index (κ2) is 32.9. The Kier molecular flexibility index (Phi) is 29.2. The molecule has 1 saturated carbocycles. The Hall–Kier alpha value is -3.79. The number of piperidine rings is 1. The van der Waals surface area contributed by atoms with Crippen LogP contribution in [0.25, 0.3) is 0 Å². The molecule has 10 unspecified atom stereocenters. The van der Waals surface area contributed by atoms with E-state index in [-0.39, 0.29) is 60.7 Å². The molecule has 17 heteroatoms. The van der Waals surface area contributed by atoms with E-state index in [1.165, 1.54) is 62.5 Å². The second-order valence-electron chi connectivity index (χ2n) is 18.6. The maximum absolute atomic E-state index is 13.8. The largest absolute Gasteiger partial charge is 0.379 e. The SMILES string of the molecule is CC1C2CCC(C2)N1C.CCC.CCC(C)C(C(CC(=O)N1CCCC1C(OC)C(C)C(=O)NCP(O)OCCCCCCN1C(=O)C=CC1=O)OC)N(C)C(=O)CNC=O.Cc1ccccc1. The van der Waals surface area contributed by atoms with E-state index in [0.717, 1.165) is 43.7 Å². The number of benzene rings is 1. The number of aryl methyl sites for hydroxylation is 1. The van der Waals surface area contributed by atoms with Crippen LogP contribution in [0.3, 0.4) is 0 Å². The molecule has 2 saturated heterocycles. The quantitative estimate of drug-likeness (QED) is 0.0449. The van der Waals surface area contributed by atoms with E-state index in [4.69, 9.17) is 14.0 Å². The number of imide groups is 1. The van der Waals surface area contributed by atoms with E-state index < -0.39 is 32.5 Å². The number of nitrogens with zero attached hydrogens (tertiary/aromatic N) is 4. The zero-order valence-corrected chi connectivity index (χ0v) is 44.1. The molecule has 3 heterocycles. The van der Waals surface area contributed by atoms with Gasteiger partial charge in [0.2, 0.25) is 24.1 Å². The number of amides is 6. The van der Waals surface area contributed by atoms with Gasteiger partial charge in [-0.2, -0.15) is 0 Å². The predicted octanol–water partition coefficient (Wildman–Crippen LogP) is 6.43. The summed E-state index contributed by atoms with van der Waals surface area (Å²) in [6.45, 7) is 15.5. The van der Waals surface area contributed by atoms with Crippen molar-refractivity contribution in [3.63, 3.8) is 0 Å². The Balaban J connectivity index is 0.000000678. The second-order valence-corrected chi connectivity index (χ2v) is 19.9. The summed E-state index contributed by atoms with van der Waals surface area (Å²) in [5, 5.41) is 5.15. The summed E-state index contributed by atoms with van der Waals surface area (Å²) in [7, 11) is 5.07. The van der Waals surface area contributed by atoms with Gasteiger partial charge in [-0.1, -0.05) is 96.2 Å². The van der Waals surface area contributed by atoms with Crippen molar-refractivity contribution in [1.29, 1.82) is 0 Å². The van der Waals surface area contributed by atoms with Gasteiger partial charge in [-0.05, 0) is 77.7 Å². The lowest BCUT2D eigenvalue weighted by atomic mass is 9.90. The fourth-order valence-corrected chi connectivity index (χ4v) is 10.2. The molecule has 2 bridgehead atoms. The Labute approximate surface area is 409 Å². The van der Waals surface area contributed by atoms with Gasteiger partial charge in [-0.25, -0.2) is 0 Å². The monoisotopic (exact) mass is 975 g/mol. The van der Waals surface area contributed by atoms with Crippen LogP contribution in [-0.2, 0) is 42.8 Å². The first-order chi connectivity index (χ1) is 32.5. The van der Waals surface area contributed by atoms with Crippen molar-refractivity contribution in [2.45, 2.75) is 162 Å². The Morgan fingerprint density at radius 3 is 2.13 bits per heavy atom. The molecule has 68 heavy (non-hydrogen) atoms. The lowest BCUT2D eigenvalue weighted by Crippen LogP contribution is -2.54. The summed E-state index contributed by atoms with van der Waals surface area (Å²) < 4.78 is 17.1. The maximum atomic E-state index is 13.8. The van der Waals surface area contributed by atoms with Crippen molar-refractivity contribution >= 4 is 44.3 Å². The minimum Gasteiger partial charge on any atom is -0.379 e. The number of likely N-dealkylation sites (N-methyl/N-ethyl adjacent to an activating group) is 1. The fraction of sp³-hybridized carbons (Fsp3) is 0.725. The number of rotatable bonds is 24. The molecule has 10 atom stereocenters. The fourth-order valence-electron chi connectivity index (χ4n) is 9.48. The van der Waals surface area contributed by atoms with E-state index in [1.807, 2.05) is 32.0 Å². The normalized spacial score (nSPS) is 22.1. The van der Waals surface area contributed by atoms with E-state index >= 15 is 0 Å². The van der Waals surface area contributed by atoms with Crippen LogP contribution in [0, 0.1) is 24.7 Å². The number of carbonyl (C=O) groups is 6. The molecular weight excluding hydrogens is 888 g/mol. The lowest BCUT2D eigenvalue weighted by molar-refractivity contribution is -0.145. The average Bonchev–Trinajstić information content (AvgIpc) is 4.14. The molecule has 5 rings (SSSR count). The summed E-state index contributed by atoms with van der Waals surface area (Å²) in [4.78, 5) is 90.9. The number of likely N-dealkylation sites (tertiary alicyclic amines) is 2. The summed E-state index contributed by atoms with van der Waals surface area (Å²) >= 11 is 0. The van der Waals surface area contributed by atoms with Crippen LogP contribution in [0.1, 0.15) is 124 Å². The first-order valence-electron chi connectivity index (χ1n) is 24.9. The molecule has 1 aromatic rings. The van der Waals surface area contributed by atoms with Crippen LogP contribution in [0.5, 0.6) is 0 Å². The highest BCUT2D eigenvalue weighted by Crippen LogP contribution is 2.40. The summed E-state index contributed by atoms with van der Waals surface area (Å²) in [5.41, 5.74) is 1.32. The van der Waals surface area contributed by atoms with Gasteiger partial charge in [0.15, 0.2) is 8.38 Å². The summed E-state index contributed by atoms with van der Waals surface area (Å²) in [5.74, 6) is -0.918. The average molecular weight is 975 g/mol. The van der Waals surface area contributed by atoms with E-state index in [9.17, 15) is 33.7 Å². The standard InChI is InChI=1S/C33H56N5O10P.C8H15N.C7H8.C3H8/c1-7-23(2)31(36(4)30(43)20-34-21-39)26(46-5)19-29(42)37-17-12-13-25(37)32(47-6)24(3)33(44)35-22-49(45)48-18-11-9-8-10-16-38-27(40)14-15-28(38)41;1-6-7-3-4-8(5-7)9(6)2;1-7-5-3-2-4-6-7;1-3-2/h14-15,21,23-26,31-32,45H,7-13,16-20,22H2,1-6H3,(H,34,39)(H,35,44);6-8H,3-5H2,1-2H3;2-6H,1H3;3H2,1-2H3. The van der Waals surface area contributed by atoms with Crippen molar-refractivity contribution < 1.29 is 47.7 Å². The topological polar surface area (TPSA) is 187 Å². The molecule has 0 radical (unpaired) electrons. The molecule has 386 valence electrons. The van der Waals surface area contributed by atoms with Crippen molar-refractivity contribution in [3.8, 4) is 0 Å². The number of carbonyl (C=O) groups excluding carboxylic acids is 6. The smallest absolute Gasteiger partial charge is 0.253 e. The molecule has 16 nitrogen and oxygen atoms in total. The molecule has 3 aliphatic heterocycles. The first-order valence-corrected chi connectivity index (χ1v) is 26.3. The van der Waals surface area contributed by atoms with Gasteiger partial charge in [0.25, 0.3) is 11.8 Å². The minimum atomic E-state index is -1.88. The third kappa shape index (κ3) is 19.5. The van der Waals surface area contributed by atoms with Crippen LogP contribution >= 0.6 is 8.38 Å². The van der Waals surface area contributed by atoms with Crippen LogP contribution in [0.15, 0.2) is 42.5 Å². The van der Waals surface area contributed by atoms with Crippen LogP contribution in [-0.4, -0.2) is 158 Å². The highest BCUT2D eigenvalue weighted by atomic mass is 31.2. The van der Waals surface area contributed by atoms with Crippen molar-refractivity contribution in [2.24, 2.45) is 17.8 Å². The predicted molar refractivity (Wildman–Crippen MR) is 268 cm³/mol. The van der Waals surface area contributed by atoms with Gasteiger partial charge in [-0.3, -0.25) is 33.7 Å². The molecule has 6 amide bonds. The number of nitrogens with one attached hydrogen (secondary N) is 2. The molecule has 1 aliphatic carbocycles. The maximum Gasteiger partial charge on any atom is 0.253 e. The molecule has 3 N–H and O–H groups in total. The number of unbranched alkanes of at least 4 members (excludes halogenated alkanes) is 3. The molecule has 4 aliphatic rings. The highest BCUT2D eigenvalue weighted by molar-refractivity contribution is 7.46. The molecule has 0 aromatic heterocycles. The van der Waals surface area contributed by atoms with Crippen molar-refractivity contribution in [3.05, 3.63) is 48.0 Å². The molecule has 3 fully saturated rings. The minimum absolute atomic E-state index is 0.0115. The highest BCUT2D eigenvalue weighted by Gasteiger charge is 2.43. The third-order valence-electron chi connectivity index (χ3n) is 13.7. The lowest BCUT2D eigenvalue weighted by Gasteiger charge is -2.39. The Morgan fingerprint density at radius 1 is 0.971 bits per heavy atom. The van der Waals surface area contributed by atoms with Gasteiger partial charge >= 0.3 is 0 Å². The Bertz CT molecular complexity index is 1660. The zero-order valence-electron chi connectivity index (χ0n) is 43.2. The molecule has 0 spiro atoms. The number of hydrogen-bond donors (Lipinski definition) is 3. The van der Waals surface area contributed by atoms with E-state index in [0.29, 0.717) is 45.4 Å². The summed E-state index contributed by atoms with van der Waals surface area (Å²) in [6, 6.07) is 11.3.